The predicted octanol–water partition coefficient (Wildman–Crippen LogP) is 1.70. The number of Topliss-reactive ketones (excluding diaryl/α,β-unsaturated/α-hetero) is 1. The number of rotatable bonds is 5. The molecule has 1 rings (SSSR count). The van der Waals surface area contributed by atoms with Gasteiger partial charge in [-0.3, -0.25) is 9.59 Å². The van der Waals surface area contributed by atoms with E-state index in [4.69, 9.17) is 5.73 Å². The van der Waals surface area contributed by atoms with E-state index in [1.165, 1.54) is 5.56 Å². The summed E-state index contributed by atoms with van der Waals surface area (Å²) < 4.78 is 0. The van der Waals surface area contributed by atoms with Crippen molar-refractivity contribution in [3.05, 3.63) is 35.4 Å². The summed E-state index contributed by atoms with van der Waals surface area (Å²) in [6, 6.07) is 7.04. The molecule has 2 N–H and O–H groups in total. The molecule has 0 spiro atoms. The first-order valence-corrected chi connectivity index (χ1v) is 5.08. The Morgan fingerprint density at radius 1 is 1.20 bits per heavy atom. The average molecular weight is 205 g/mol. The van der Waals surface area contributed by atoms with Crippen LogP contribution in [0, 0.1) is 0 Å². The first-order chi connectivity index (χ1) is 7.15. The summed E-state index contributed by atoms with van der Waals surface area (Å²) in [5.41, 5.74) is 6.44. The summed E-state index contributed by atoms with van der Waals surface area (Å²) in [7, 11) is 0. The Morgan fingerprint density at radius 3 is 2.27 bits per heavy atom. The lowest BCUT2D eigenvalue weighted by atomic mass is 10.0. The number of primary amides is 1. The summed E-state index contributed by atoms with van der Waals surface area (Å²) in [4.78, 5) is 21.8. The van der Waals surface area contributed by atoms with Crippen molar-refractivity contribution in [1.29, 1.82) is 0 Å². The van der Waals surface area contributed by atoms with Gasteiger partial charge in [0.1, 0.15) is 0 Å². The molecule has 80 valence electrons. The molecule has 0 unspecified atom stereocenters. The molecule has 3 nitrogen and oxygen atoms in total. The predicted molar refractivity (Wildman–Crippen MR) is 58.6 cm³/mol. The first kappa shape index (κ1) is 11.4. The maximum absolute atomic E-state index is 11.2. The lowest BCUT2D eigenvalue weighted by molar-refractivity contribution is -0.114. The molecule has 3 heteroatoms. The van der Waals surface area contributed by atoms with Crippen LogP contribution in [0.5, 0.6) is 0 Å². The van der Waals surface area contributed by atoms with E-state index in [1.54, 1.807) is 12.1 Å². The number of hydrogen-bond donors (Lipinski definition) is 1. The zero-order chi connectivity index (χ0) is 11.3. The third-order valence-electron chi connectivity index (χ3n) is 2.26. The highest BCUT2D eigenvalue weighted by molar-refractivity contribution is 6.42. The molecular formula is C12H15NO2. The Kier molecular flexibility index (Phi) is 4.03. The molecule has 0 saturated heterocycles. The normalized spacial score (nSPS) is 9.93. The number of ketones is 1. The van der Waals surface area contributed by atoms with Crippen molar-refractivity contribution < 1.29 is 9.59 Å². The van der Waals surface area contributed by atoms with Crippen LogP contribution in [0.4, 0.5) is 0 Å². The van der Waals surface area contributed by atoms with E-state index in [0.29, 0.717) is 5.56 Å². The van der Waals surface area contributed by atoms with Crippen LogP contribution in [0.15, 0.2) is 24.3 Å². The minimum atomic E-state index is -0.906. The molecule has 1 aromatic carbocycles. The molecule has 0 saturated carbocycles. The van der Waals surface area contributed by atoms with E-state index in [2.05, 4.69) is 6.92 Å². The Balaban J connectivity index is 2.72. The molecule has 15 heavy (non-hydrogen) atoms. The second-order valence-electron chi connectivity index (χ2n) is 3.49. The lowest BCUT2D eigenvalue weighted by Gasteiger charge is -2.01. The maximum Gasteiger partial charge on any atom is 0.289 e. The highest BCUT2D eigenvalue weighted by Crippen LogP contribution is 2.08. The van der Waals surface area contributed by atoms with E-state index in [-0.39, 0.29) is 0 Å². The molecule has 0 aromatic heterocycles. The zero-order valence-electron chi connectivity index (χ0n) is 8.82. The van der Waals surface area contributed by atoms with E-state index >= 15 is 0 Å². The van der Waals surface area contributed by atoms with Crippen LogP contribution in [-0.2, 0) is 11.2 Å². The summed E-state index contributed by atoms with van der Waals surface area (Å²) >= 11 is 0. The molecule has 1 amide bonds. The van der Waals surface area contributed by atoms with Crippen LogP contribution >= 0.6 is 0 Å². The van der Waals surface area contributed by atoms with Gasteiger partial charge in [0.15, 0.2) is 0 Å². The molecule has 0 radical (unpaired) electrons. The fourth-order valence-corrected chi connectivity index (χ4v) is 1.35. The van der Waals surface area contributed by atoms with Gasteiger partial charge in [-0.2, -0.15) is 0 Å². The second-order valence-corrected chi connectivity index (χ2v) is 3.49. The Hall–Kier alpha value is -1.64. The topological polar surface area (TPSA) is 60.2 Å². The van der Waals surface area contributed by atoms with Gasteiger partial charge in [0.25, 0.3) is 5.91 Å². The number of nitrogens with two attached hydrogens (primary N) is 1. The smallest absolute Gasteiger partial charge is 0.289 e. The van der Waals surface area contributed by atoms with Crippen molar-refractivity contribution in [2.24, 2.45) is 5.73 Å². The molecular weight excluding hydrogens is 190 g/mol. The van der Waals surface area contributed by atoms with Crippen molar-refractivity contribution in [2.45, 2.75) is 26.2 Å². The van der Waals surface area contributed by atoms with Gasteiger partial charge < -0.3 is 5.73 Å². The minimum Gasteiger partial charge on any atom is -0.363 e. The number of aryl methyl sites for hydroxylation is 1. The minimum absolute atomic E-state index is 0.364. The van der Waals surface area contributed by atoms with E-state index < -0.39 is 11.7 Å². The van der Waals surface area contributed by atoms with Gasteiger partial charge in [-0.1, -0.05) is 37.6 Å². The molecule has 0 bridgehead atoms. The van der Waals surface area contributed by atoms with Gasteiger partial charge in [-0.15, -0.1) is 0 Å². The number of unbranched alkanes of at least 4 members (excludes halogenated alkanes) is 1. The summed E-state index contributed by atoms with van der Waals surface area (Å²) in [6.07, 6.45) is 3.27. The van der Waals surface area contributed by atoms with Gasteiger partial charge in [0.05, 0.1) is 0 Å². The van der Waals surface area contributed by atoms with Crippen LogP contribution in [0.1, 0.15) is 35.7 Å². The monoisotopic (exact) mass is 205 g/mol. The largest absolute Gasteiger partial charge is 0.363 e. The summed E-state index contributed by atoms with van der Waals surface area (Å²) in [6.45, 7) is 2.13. The van der Waals surface area contributed by atoms with Gasteiger partial charge in [-0.25, -0.2) is 0 Å². The van der Waals surface area contributed by atoms with Crippen molar-refractivity contribution in [3.8, 4) is 0 Å². The third kappa shape index (κ3) is 3.20. The summed E-state index contributed by atoms with van der Waals surface area (Å²) in [5.74, 6) is -1.53. The molecule has 0 atom stereocenters. The molecule has 1 aromatic rings. The number of hydrogen-bond acceptors (Lipinski definition) is 2. The van der Waals surface area contributed by atoms with Crippen molar-refractivity contribution >= 4 is 11.7 Å². The standard InChI is InChI=1S/C12H15NO2/c1-2-3-4-9-5-7-10(8-6-9)11(14)12(13)15/h5-8H,2-4H2,1H3,(H2,13,15). The molecule has 0 aliphatic rings. The number of carbonyl (C=O) groups is 2. The Labute approximate surface area is 89.3 Å². The molecule has 0 aliphatic carbocycles. The molecule has 0 heterocycles. The van der Waals surface area contributed by atoms with E-state index in [9.17, 15) is 9.59 Å². The van der Waals surface area contributed by atoms with Crippen LogP contribution in [0.2, 0.25) is 0 Å². The Bertz CT molecular complexity index is 354. The van der Waals surface area contributed by atoms with Crippen LogP contribution in [0.25, 0.3) is 0 Å². The number of amides is 1. The SMILES string of the molecule is CCCCc1ccc(C(=O)C(N)=O)cc1. The fraction of sp³-hybridized carbons (Fsp3) is 0.333. The first-order valence-electron chi connectivity index (χ1n) is 5.08. The zero-order valence-corrected chi connectivity index (χ0v) is 8.82. The van der Waals surface area contributed by atoms with Gasteiger partial charge in [0.2, 0.25) is 5.78 Å². The van der Waals surface area contributed by atoms with Gasteiger partial charge in [0, 0.05) is 5.56 Å². The van der Waals surface area contributed by atoms with E-state index in [0.717, 1.165) is 19.3 Å². The second kappa shape index (κ2) is 5.29. The van der Waals surface area contributed by atoms with Gasteiger partial charge in [-0.05, 0) is 18.4 Å². The van der Waals surface area contributed by atoms with Crippen LogP contribution in [-0.4, -0.2) is 11.7 Å². The van der Waals surface area contributed by atoms with Crippen LogP contribution < -0.4 is 5.73 Å². The van der Waals surface area contributed by atoms with E-state index in [1.807, 2.05) is 12.1 Å². The highest BCUT2D eigenvalue weighted by atomic mass is 16.2. The van der Waals surface area contributed by atoms with Crippen LogP contribution in [0.3, 0.4) is 0 Å². The number of benzene rings is 1. The highest BCUT2D eigenvalue weighted by Gasteiger charge is 2.11. The molecule has 0 aliphatic heterocycles. The molecule has 0 fully saturated rings. The van der Waals surface area contributed by atoms with Crippen molar-refractivity contribution in [1.82, 2.24) is 0 Å². The quantitative estimate of drug-likeness (QED) is 0.587. The van der Waals surface area contributed by atoms with Crippen molar-refractivity contribution in [2.75, 3.05) is 0 Å². The fourth-order valence-electron chi connectivity index (χ4n) is 1.35. The summed E-state index contributed by atoms with van der Waals surface area (Å²) in [5, 5.41) is 0. The average Bonchev–Trinajstić information content (AvgIpc) is 2.26. The third-order valence-corrected chi connectivity index (χ3v) is 2.26. The lowest BCUT2D eigenvalue weighted by Crippen LogP contribution is -2.22. The van der Waals surface area contributed by atoms with Crippen molar-refractivity contribution in [3.63, 3.8) is 0 Å². The van der Waals surface area contributed by atoms with Gasteiger partial charge >= 0.3 is 0 Å². The Morgan fingerprint density at radius 2 is 1.80 bits per heavy atom. The number of carbonyl (C=O) groups excluding carboxylic acids is 2. The maximum atomic E-state index is 11.2.